The van der Waals surface area contributed by atoms with Gasteiger partial charge in [-0.05, 0) is 5.56 Å². The van der Waals surface area contributed by atoms with Gasteiger partial charge in [0.1, 0.15) is 5.60 Å². The first-order chi connectivity index (χ1) is 8.80. The molecule has 0 unspecified atom stereocenters. The van der Waals surface area contributed by atoms with Gasteiger partial charge in [0.2, 0.25) is 0 Å². The first kappa shape index (κ1) is 10.3. The lowest BCUT2D eigenvalue weighted by Crippen LogP contribution is -2.39. The molecule has 1 N–H and O–H groups in total. The summed E-state index contributed by atoms with van der Waals surface area (Å²) in [6.07, 6.45) is 4.33. The van der Waals surface area contributed by atoms with E-state index in [0.29, 0.717) is 19.6 Å². The smallest absolute Gasteiger partial charge is 0.115 e. The van der Waals surface area contributed by atoms with Crippen molar-refractivity contribution in [3.05, 3.63) is 42.4 Å². The molecule has 4 heteroatoms. The van der Waals surface area contributed by atoms with Crippen molar-refractivity contribution in [1.29, 1.82) is 0 Å². The van der Waals surface area contributed by atoms with Crippen molar-refractivity contribution in [1.82, 2.24) is 9.55 Å². The van der Waals surface area contributed by atoms with Crippen LogP contribution < -0.4 is 0 Å². The van der Waals surface area contributed by atoms with Crippen molar-refractivity contribution >= 4 is 0 Å². The first-order valence-electron chi connectivity index (χ1n) is 6.21. The number of rotatable bonds is 1. The number of imidazole rings is 1. The molecule has 0 radical (unpaired) electrons. The molecule has 4 nitrogen and oxygen atoms in total. The fraction of sp³-hybridized carbons (Fsp3) is 0.357. The van der Waals surface area contributed by atoms with Crippen molar-refractivity contribution in [3.63, 3.8) is 0 Å². The third-order valence-corrected chi connectivity index (χ3v) is 4.02. The minimum atomic E-state index is -0.817. The number of aromatic nitrogens is 2. The number of hydrogen-bond donors (Lipinski definition) is 1. The SMILES string of the molecule is O[C@]1([C@@H]2c3ccccc3-c3cncn32)CCOC1. The van der Waals surface area contributed by atoms with E-state index in [2.05, 4.69) is 21.7 Å². The molecule has 4 rings (SSSR count). The number of hydrogen-bond acceptors (Lipinski definition) is 3. The van der Waals surface area contributed by atoms with Gasteiger partial charge in [0.15, 0.2) is 0 Å². The summed E-state index contributed by atoms with van der Waals surface area (Å²) >= 11 is 0. The number of benzene rings is 1. The van der Waals surface area contributed by atoms with Crippen molar-refractivity contribution in [2.75, 3.05) is 13.2 Å². The van der Waals surface area contributed by atoms with Gasteiger partial charge in [-0.25, -0.2) is 4.98 Å². The third kappa shape index (κ3) is 1.19. The summed E-state index contributed by atoms with van der Waals surface area (Å²) in [7, 11) is 0. The highest BCUT2D eigenvalue weighted by Crippen LogP contribution is 2.46. The van der Waals surface area contributed by atoms with E-state index in [1.807, 2.05) is 18.3 Å². The van der Waals surface area contributed by atoms with Gasteiger partial charge in [-0.1, -0.05) is 24.3 Å². The minimum absolute atomic E-state index is 0.0753. The van der Waals surface area contributed by atoms with Crippen molar-refractivity contribution in [2.45, 2.75) is 18.1 Å². The molecule has 0 bridgehead atoms. The molecular weight excluding hydrogens is 228 g/mol. The maximum Gasteiger partial charge on any atom is 0.115 e. The van der Waals surface area contributed by atoms with Gasteiger partial charge in [0.05, 0.1) is 30.9 Å². The van der Waals surface area contributed by atoms with E-state index in [1.54, 1.807) is 6.33 Å². The molecule has 3 heterocycles. The van der Waals surface area contributed by atoms with Gasteiger partial charge in [-0.15, -0.1) is 0 Å². The number of ether oxygens (including phenoxy) is 1. The van der Waals surface area contributed by atoms with Crippen LogP contribution in [-0.4, -0.2) is 33.5 Å². The Labute approximate surface area is 105 Å². The topological polar surface area (TPSA) is 47.3 Å². The van der Waals surface area contributed by atoms with Crippen LogP contribution in [-0.2, 0) is 4.74 Å². The highest BCUT2D eigenvalue weighted by Gasteiger charge is 2.46. The molecule has 0 saturated carbocycles. The van der Waals surface area contributed by atoms with Crippen LogP contribution in [0.15, 0.2) is 36.8 Å². The van der Waals surface area contributed by atoms with E-state index in [4.69, 9.17) is 4.74 Å². The minimum Gasteiger partial charge on any atom is -0.385 e. The highest BCUT2D eigenvalue weighted by molar-refractivity contribution is 5.69. The lowest BCUT2D eigenvalue weighted by molar-refractivity contribution is -0.00435. The Kier molecular flexibility index (Phi) is 1.96. The molecule has 2 aromatic rings. The van der Waals surface area contributed by atoms with E-state index in [0.717, 1.165) is 5.69 Å². The molecule has 18 heavy (non-hydrogen) atoms. The Hall–Kier alpha value is -1.65. The van der Waals surface area contributed by atoms with Gasteiger partial charge in [-0.3, -0.25) is 0 Å². The quantitative estimate of drug-likeness (QED) is 0.826. The number of aliphatic hydroxyl groups is 1. The predicted molar refractivity (Wildman–Crippen MR) is 66.2 cm³/mol. The average molecular weight is 242 g/mol. The summed E-state index contributed by atoms with van der Waals surface area (Å²) in [5, 5.41) is 10.8. The van der Waals surface area contributed by atoms with Crippen LogP contribution in [0.4, 0.5) is 0 Å². The van der Waals surface area contributed by atoms with Crippen LogP contribution in [0.5, 0.6) is 0 Å². The van der Waals surface area contributed by atoms with E-state index in [1.165, 1.54) is 11.1 Å². The van der Waals surface area contributed by atoms with Crippen molar-refractivity contribution in [3.8, 4) is 11.3 Å². The zero-order valence-electron chi connectivity index (χ0n) is 9.91. The van der Waals surface area contributed by atoms with Gasteiger partial charge in [0.25, 0.3) is 0 Å². The molecule has 92 valence electrons. The Bertz CT molecular complexity index is 599. The lowest BCUT2D eigenvalue weighted by atomic mass is 9.87. The zero-order valence-corrected chi connectivity index (χ0v) is 9.91. The van der Waals surface area contributed by atoms with Crippen LogP contribution in [0.25, 0.3) is 11.3 Å². The van der Waals surface area contributed by atoms with Crippen LogP contribution in [0.2, 0.25) is 0 Å². The fourth-order valence-electron chi connectivity index (χ4n) is 3.17. The molecule has 1 saturated heterocycles. The fourth-order valence-corrected chi connectivity index (χ4v) is 3.17. The Morgan fingerprint density at radius 2 is 2.28 bits per heavy atom. The molecule has 0 spiro atoms. The molecule has 2 aliphatic rings. The summed E-state index contributed by atoms with van der Waals surface area (Å²) < 4.78 is 7.46. The Balaban J connectivity index is 1.94. The van der Waals surface area contributed by atoms with E-state index in [-0.39, 0.29) is 6.04 Å². The van der Waals surface area contributed by atoms with Gasteiger partial charge in [0, 0.05) is 18.6 Å². The summed E-state index contributed by atoms with van der Waals surface area (Å²) in [5.41, 5.74) is 2.60. The Morgan fingerprint density at radius 1 is 1.39 bits per heavy atom. The Morgan fingerprint density at radius 3 is 3.11 bits per heavy atom. The van der Waals surface area contributed by atoms with E-state index < -0.39 is 5.60 Å². The zero-order chi connectivity index (χ0) is 12.2. The molecular formula is C14H14N2O2. The summed E-state index contributed by atoms with van der Waals surface area (Å²) in [4.78, 5) is 4.21. The molecule has 2 aliphatic heterocycles. The second kappa shape index (κ2) is 3.43. The summed E-state index contributed by atoms with van der Waals surface area (Å²) in [6, 6.07) is 8.14. The number of fused-ring (bicyclic) bond motifs is 3. The molecule has 1 aromatic carbocycles. The maximum absolute atomic E-state index is 10.8. The summed E-state index contributed by atoms with van der Waals surface area (Å²) in [6.45, 7) is 1.02. The van der Waals surface area contributed by atoms with Gasteiger partial charge >= 0.3 is 0 Å². The molecule has 1 aromatic heterocycles. The second-order valence-corrected chi connectivity index (χ2v) is 5.08. The maximum atomic E-state index is 10.8. The third-order valence-electron chi connectivity index (χ3n) is 4.02. The standard InChI is InChI=1S/C14H14N2O2/c17-14(5-6-18-8-14)13-11-4-2-1-3-10(11)12-7-15-9-16(12)13/h1-4,7,9,13,17H,5-6,8H2/t13-,14+/m0/s1. The monoisotopic (exact) mass is 242 g/mol. The predicted octanol–water partition coefficient (Wildman–Crippen LogP) is 1.60. The van der Waals surface area contributed by atoms with Crippen LogP contribution >= 0.6 is 0 Å². The normalized spacial score (nSPS) is 29.3. The van der Waals surface area contributed by atoms with Crippen LogP contribution in [0.1, 0.15) is 18.0 Å². The van der Waals surface area contributed by atoms with Gasteiger partial charge in [-0.2, -0.15) is 0 Å². The van der Waals surface area contributed by atoms with Crippen LogP contribution in [0, 0.1) is 0 Å². The first-order valence-corrected chi connectivity index (χ1v) is 6.21. The van der Waals surface area contributed by atoms with E-state index in [9.17, 15) is 5.11 Å². The molecule has 0 amide bonds. The van der Waals surface area contributed by atoms with Gasteiger partial charge < -0.3 is 14.4 Å². The lowest BCUT2D eigenvalue weighted by Gasteiger charge is -2.30. The second-order valence-electron chi connectivity index (χ2n) is 5.08. The van der Waals surface area contributed by atoms with E-state index >= 15 is 0 Å². The van der Waals surface area contributed by atoms with Crippen molar-refractivity contribution < 1.29 is 9.84 Å². The average Bonchev–Trinajstić information content (AvgIpc) is 3.04. The summed E-state index contributed by atoms with van der Waals surface area (Å²) in [5.74, 6) is 0. The number of nitrogens with zero attached hydrogens (tertiary/aromatic N) is 2. The van der Waals surface area contributed by atoms with Crippen molar-refractivity contribution in [2.24, 2.45) is 0 Å². The highest BCUT2D eigenvalue weighted by atomic mass is 16.5. The molecule has 2 atom stereocenters. The molecule has 1 fully saturated rings. The molecule has 0 aliphatic carbocycles. The largest absolute Gasteiger partial charge is 0.385 e. The van der Waals surface area contributed by atoms with Crippen LogP contribution in [0.3, 0.4) is 0 Å².